The van der Waals surface area contributed by atoms with Crippen molar-refractivity contribution < 1.29 is 0 Å². The molecule has 0 N–H and O–H groups in total. The maximum absolute atomic E-state index is 3.24. The van der Waals surface area contributed by atoms with Crippen LogP contribution in [-0.2, 0) is 0 Å². The highest BCUT2D eigenvalue weighted by atomic mass is 31.1. The van der Waals surface area contributed by atoms with Crippen molar-refractivity contribution in [3.8, 4) is 0 Å². The largest absolute Gasteiger partial charge is 0.126 e. The second-order valence-corrected chi connectivity index (χ2v) is 9.88. The first-order chi connectivity index (χ1) is 9.58. The highest BCUT2D eigenvalue weighted by Crippen LogP contribution is 2.59. The van der Waals surface area contributed by atoms with Gasteiger partial charge in [-0.25, -0.2) is 0 Å². The fraction of sp³-hybridized carbons (Fsp3) is 1.00. The smallest absolute Gasteiger partial charge is 0.00487 e. The van der Waals surface area contributed by atoms with Gasteiger partial charge >= 0.3 is 0 Å². The number of rotatable bonds is 10. The summed E-state index contributed by atoms with van der Waals surface area (Å²) in [4.78, 5) is 0.420. The lowest BCUT2D eigenvalue weighted by Crippen LogP contribution is -2.41. The first kappa shape index (κ1) is 18.9. The van der Waals surface area contributed by atoms with Crippen LogP contribution in [0.2, 0.25) is 0 Å². The Labute approximate surface area is 133 Å². The summed E-state index contributed by atoms with van der Waals surface area (Å²) in [5.74, 6) is 0. The number of unbranched alkanes of at least 4 members (excludes halogenated alkanes) is 6. The van der Waals surface area contributed by atoms with Crippen molar-refractivity contribution >= 4 is 18.5 Å². The van der Waals surface area contributed by atoms with Crippen LogP contribution in [0.3, 0.4) is 0 Å². The van der Waals surface area contributed by atoms with E-state index in [1.54, 1.807) is 0 Å². The predicted molar refractivity (Wildman–Crippen MR) is 101 cm³/mol. The van der Waals surface area contributed by atoms with Gasteiger partial charge in [-0.1, -0.05) is 78.1 Å². The molecule has 1 aliphatic rings. The number of hydrogen-bond acceptors (Lipinski definition) is 0. The van der Waals surface area contributed by atoms with E-state index in [1.807, 2.05) is 0 Å². The molecule has 0 bridgehead atoms. The minimum absolute atomic E-state index is 0.420. The molecular weight excluding hydrogens is 278 g/mol. The molecule has 120 valence electrons. The Kier molecular flexibility index (Phi) is 9.26. The Hall–Kier alpha value is 0.860. The van der Waals surface area contributed by atoms with Gasteiger partial charge in [0, 0.05) is 4.90 Å². The van der Waals surface area contributed by atoms with Gasteiger partial charge in [-0.05, 0) is 31.1 Å². The van der Waals surface area contributed by atoms with Crippen molar-refractivity contribution in [2.45, 2.75) is 109 Å². The molecule has 0 nitrogen and oxygen atoms in total. The molecule has 2 heteroatoms. The SMILES string of the molecule is CCCCCCC1(CCCCCC)CCCCC1(P)P. The van der Waals surface area contributed by atoms with Crippen molar-refractivity contribution in [1.29, 1.82) is 0 Å². The predicted octanol–water partition coefficient (Wildman–Crippen LogP) is 6.93. The Bertz CT molecular complexity index is 236. The Morgan fingerprint density at radius 2 is 1.20 bits per heavy atom. The van der Waals surface area contributed by atoms with Gasteiger partial charge in [0.05, 0.1) is 0 Å². The van der Waals surface area contributed by atoms with E-state index >= 15 is 0 Å². The van der Waals surface area contributed by atoms with Gasteiger partial charge in [0.15, 0.2) is 0 Å². The third kappa shape index (κ3) is 5.57. The van der Waals surface area contributed by atoms with E-state index in [0.29, 0.717) is 10.3 Å². The molecule has 1 aliphatic carbocycles. The minimum atomic E-state index is 0.420. The average molecular weight is 316 g/mol. The third-order valence-corrected chi connectivity index (χ3v) is 7.30. The minimum Gasteiger partial charge on any atom is -0.126 e. The molecule has 0 aromatic heterocycles. The van der Waals surface area contributed by atoms with E-state index in [4.69, 9.17) is 0 Å². The maximum atomic E-state index is 3.24. The molecule has 1 saturated carbocycles. The fourth-order valence-electron chi connectivity index (χ4n) is 4.00. The molecule has 0 aliphatic heterocycles. The molecule has 2 unspecified atom stereocenters. The standard InChI is InChI=1S/C18H38P2/c1-3-5-7-9-13-17(14-10-8-6-4-2)15-11-12-16-18(17,19)20/h3-16,19-20H2,1-2H3. The van der Waals surface area contributed by atoms with Gasteiger partial charge in [0.1, 0.15) is 0 Å². The monoisotopic (exact) mass is 316 g/mol. The van der Waals surface area contributed by atoms with Gasteiger partial charge in [-0.2, -0.15) is 0 Å². The summed E-state index contributed by atoms with van der Waals surface area (Å²) in [5, 5.41) is 0. The lowest BCUT2D eigenvalue weighted by atomic mass is 9.67. The Morgan fingerprint density at radius 1 is 0.700 bits per heavy atom. The summed E-state index contributed by atoms with van der Waals surface area (Å²) in [5.41, 5.74) is 0.599. The van der Waals surface area contributed by atoms with Crippen LogP contribution in [0, 0.1) is 5.41 Å². The summed E-state index contributed by atoms with van der Waals surface area (Å²) < 4.78 is 0. The summed E-state index contributed by atoms with van der Waals surface area (Å²) in [6.45, 7) is 4.63. The van der Waals surface area contributed by atoms with E-state index in [2.05, 4.69) is 32.3 Å². The van der Waals surface area contributed by atoms with Crippen LogP contribution in [0.25, 0.3) is 0 Å². The van der Waals surface area contributed by atoms with E-state index in [1.165, 1.54) is 89.9 Å². The molecule has 0 heterocycles. The van der Waals surface area contributed by atoms with E-state index < -0.39 is 0 Å². The van der Waals surface area contributed by atoms with Gasteiger partial charge in [-0.15, -0.1) is 18.5 Å². The molecule has 1 rings (SSSR count). The highest BCUT2D eigenvalue weighted by Gasteiger charge is 2.45. The van der Waals surface area contributed by atoms with Crippen LogP contribution in [0.15, 0.2) is 0 Å². The summed E-state index contributed by atoms with van der Waals surface area (Å²) >= 11 is 0. The molecular formula is C18H38P2. The van der Waals surface area contributed by atoms with Crippen LogP contribution in [0.5, 0.6) is 0 Å². The molecule has 1 fully saturated rings. The average Bonchev–Trinajstić information content (AvgIpc) is 2.42. The van der Waals surface area contributed by atoms with Crippen molar-refractivity contribution in [2.75, 3.05) is 0 Å². The van der Waals surface area contributed by atoms with E-state index in [0.717, 1.165) is 0 Å². The van der Waals surface area contributed by atoms with Gasteiger partial charge in [-0.3, -0.25) is 0 Å². The lowest BCUT2D eigenvalue weighted by molar-refractivity contribution is 0.138. The van der Waals surface area contributed by atoms with Crippen molar-refractivity contribution in [3.63, 3.8) is 0 Å². The number of hydrogen-bond donors (Lipinski definition) is 0. The summed E-state index contributed by atoms with van der Waals surface area (Å²) in [7, 11) is 6.48. The van der Waals surface area contributed by atoms with Gasteiger partial charge in [0.25, 0.3) is 0 Å². The lowest BCUT2D eigenvalue weighted by Gasteiger charge is -2.51. The van der Waals surface area contributed by atoms with Crippen molar-refractivity contribution in [3.05, 3.63) is 0 Å². The summed E-state index contributed by atoms with van der Waals surface area (Å²) in [6, 6.07) is 0. The zero-order valence-corrected chi connectivity index (χ0v) is 16.4. The molecule has 0 spiro atoms. The quantitative estimate of drug-likeness (QED) is 0.302. The highest BCUT2D eigenvalue weighted by molar-refractivity contribution is 7.40. The Morgan fingerprint density at radius 3 is 1.65 bits per heavy atom. The molecule has 0 saturated heterocycles. The normalized spacial score (nSPS) is 21.0. The van der Waals surface area contributed by atoms with Crippen LogP contribution in [0.4, 0.5) is 0 Å². The zero-order chi connectivity index (χ0) is 14.9. The second-order valence-electron chi connectivity index (χ2n) is 7.15. The molecule has 20 heavy (non-hydrogen) atoms. The van der Waals surface area contributed by atoms with E-state index in [-0.39, 0.29) is 0 Å². The maximum Gasteiger partial charge on any atom is 0.00487 e. The molecule has 0 amide bonds. The topological polar surface area (TPSA) is 0 Å². The van der Waals surface area contributed by atoms with Crippen LogP contribution in [-0.4, -0.2) is 4.90 Å². The second kappa shape index (κ2) is 9.79. The van der Waals surface area contributed by atoms with E-state index in [9.17, 15) is 0 Å². The van der Waals surface area contributed by atoms with Crippen LogP contribution >= 0.6 is 18.5 Å². The first-order valence-electron chi connectivity index (χ1n) is 9.16. The molecule has 0 aromatic carbocycles. The molecule has 2 atom stereocenters. The molecule has 0 radical (unpaired) electrons. The Balaban J connectivity index is 2.56. The zero-order valence-electron chi connectivity index (χ0n) is 14.1. The van der Waals surface area contributed by atoms with Crippen LogP contribution < -0.4 is 0 Å². The van der Waals surface area contributed by atoms with Gasteiger partial charge < -0.3 is 0 Å². The molecule has 0 aromatic rings. The van der Waals surface area contributed by atoms with Crippen LogP contribution in [0.1, 0.15) is 104 Å². The first-order valence-corrected chi connectivity index (χ1v) is 10.3. The van der Waals surface area contributed by atoms with Gasteiger partial charge in [0.2, 0.25) is 0 Å². The third-order valence-electron chi connectivity index (χ3n) is 5.50. The summed E-state index contributed by atoms with van der Waals surface area (Å²) in [6.07, 6.45) is 20.0. The van der Waals surface area contributed by atoms with Crippen molar-refractivity contribution in [2.24, 2.45) is 5.41 Å². The van der Waals surface area contributed by atoms with Crippen molar-refractivity contribution in [1.82, 2.24) is 0 Å². The fourth-order valence-corrected chi connectivity index (χ4v) is 5.27.